The Morgan fingerprint density at radius 3 is 2.84 bits per heavy atom. The summed E-state index contributed by atoms with van der Waals surface area (Å²) in [4.78, 5) is 14.0. The molecule has 0 saturated heterocycles. The molecule has 0 aromatic heterocycles. The van der Waals surface area contributed by atoms with Crippen LogP contribution in [0.1, 0.15) is 17.5 Å². The van der Waals surface area contributed by atoms with E-state index in [9.17, 15) is 4.79 Å². The van der Waals surface area contributed by atoms with E-state index in [0.717, 1.165) is 25.9 Å². The number of ether oxygens (including phenoxy) is 1. The molecule has 1 aliphatic heterocycles. The predicted molar refractivity (Wildman–Crippen MR) is 74.9 cm³/mol. The molecule has 1 heterocycles. The molecule has 0 amide bonds. The normalized spacial score (nSPS) is 17.4. The lowest BCUT2D eigenvalue weighted by atomic mass is 10.0. The van der Waals surface area contributed by atoms with Crippen LogP contribution in [0.4, 0.5) is 0 Å². The Balaban J connectivity index is 2.04. The molecular formula is C15H22N2O2. The van der Waals surface area contributed by atoms with Crippen LogP contribution in [0.15, 0.2) is 24.3 Å². The molecule has 0 spiro atoms. The molecule has 0 bridgehead atoms. The van der Waals surface area contributed by atoms with Gasteiger partial charge in [0.25, 0.3) is 0 Å². The van der Waals surface area contributed by atoms with E-state index in [1.54, 1.807) is 7.05 Å². The molecule has 2 rings (SSSR count). The van der Waals surface area contributed by atoms with Gasteiger partial charge in [0.2, 0.25) is 0 Å². The second kappa shape index (κ2) is 6.68. The molecule has 19 heavy (non-hydrogen) atoms. The maximum Gasteiger partial charge on any atom is 0.324 e. The lowest BCUT2D eigenvalue weighted by molar-refractivity contribution is -0.143. The van der Waals surface area contributed by atoms with Crippen molar-refractivity contribution in [2.24, 2.45) is 0 Å². The predicted octanol–water partition coefficient (Wildman–Crippen LogP) is 1.20. The zero-order valence-corrected chi connectivity index (χ0v) is 11.7. The van der Waals surface area contributed by atoms with Gasteiger partial charge in [-0.3, -0.25) is 9.69 Å². The summed E-state index contributed by atoms with van der Waals surface area (Å²) in [5, 5.41) is 3.03. The second-order valence-electron chi connectivity index (χ2n) is 4.97. The highest BCUT2D eigenvalue weighted by Crippen LogP contribution is 2.18. The lowest BCUT2D eigenvalue weighted by Gasteiger charge is -2.24. The Labute approximate surface area is 114 Å². The zero-order chi connectivity index (χ0) is 13.7. The fraction of sp³-hybridized carbons (Fsp3) is 0.533. The van der Waals surface area contributed by atoms with E-state index in [-0.39, 0.29) is 12.0 Å². The van der Waals surface area contributed by atoms with Crippen molar-refractivity contribution >= 4 is 5.97 Å². The maximum atomic E-state index is 11.6. The van der Waals surface area contributed by atoms with Crippen molar-refractivity contribution in [2.75, 3.05) is 27.2 Å². The number of methoxy groups -OCH3 is 1. The van der Waals surface area contributed by atoms with Crippen LogP contribution in [-0.4, -0.2) is 44.2 Å². The number of carbonyl (C=O) groups is 1. The summed E-state index contributed by atoms with van der Waals surface area (Å²) in [7, 11) is 3.23. The summed E-state index contributed by atoms with van der Waals surface area (Å²) in [5.74, 6) is -0.194. The maximum absolute atomic E-state index is 11.6. The Hall–Kier alpha value is -1.39. The summed E-state index contributed by atoms with van der Waals surface area (Å²) in [6.07, 6.45) is 2.25. The molecule has 1 aromatic carbocycles. The number of esters is 1. The molecule has 0 saturated carbocycles. The van der Waals surface area contributed by atoms with Gasteiger partial charge >= 0.3 is 5.97 Å². The van der Waals surface area contributed by atoms with Gasteiger partial charge in [0.1, 0.15) is 6.04 Å². The third kappa shape index (κ3) is 3.55. The third-order valence-corrected chi connectivity index (χ3v) is 3.71. The first kappa shape index (κ1) is 14.0. The van der Waals surface area contributed by atoms with E-state index >= 15 is 0 Å². The number of nitrogens with zero attached hydrogens (tertiary/aromatic N) is 1. The topological polar surface area (TPSA) is 41.6 Å². The van der Waals surface area contributed by atoms with E-state index in [1.807, 2.05) is 0 Å². The molecule has 4 heteroatoms. The first-order chi connectivity index (χ1) is 9.24. The molecule has 4 nitrogen and oxygen atoms in total. The molecular weight excluding hydrogens is 240 g/mol. The first-order valence-corrected chi connectivity index (χ1v) is 6.79. The van der Waals surface area contributed by atoms with Crippen molar-refractivity contribution in [2.45, 2.75) is 25.4 Å². The lowest BCUT2D eigenvalue weighted by Crippen LogP contribution is -2.45. The molecule has 1 N–H and O–H groups in total. The Kier molecular flexibility index (Phi) is 4.93. The second-order valence-corrected chi connectivity index (χ2v) is 4.97. The van der Waals surface area contributed by atoms with Crippen molar-refractivity contribution in [3.05, 3.63) is 35.4 Å². The molecule has 1 unspecified atom stereocenters. The van der Waals surface area contributed by atoms with Crippen molar-refractivity contribution in [1.82, 2.24) is 10.2 Å². The van der Waals surface area contributed by atoms with Gasteiger partial charge in [0.15, 0.2) is 0 Å². The van der Waals surface area contributed by atoms with Crippen LogP contribution in [0.25, 0.3) is 0 Å². The van der Waals surface area contributed by atoms with E-state index < -0.39 is 0 Å². The first-order valence-electron chi connectivity index (χ1n) is 6.79. The molecule has 1 aromatic rings. The quantitative estimate of drug-likeness (QED) is 0.828. The van der Waals surface area contributed by atoms with Gasteiger partial charge < -0.3 is 10.1 Å². The standard InChI is InChI=1S/C15H22N2O2/c1-16-14(15(18)19-2)11-17-9-5-8-12-6-3-4-7-13(12)10-17/h3-4,6-7,14,16H,5,8-11H2,1-2H3. The van der Waals surface area contributed by atoms with Gasteiger partial charge in [-0.1, -0.05) is 24.3 Å². The number of benzene rings is 1. The summed E-state index contributed by atoms with van der Waals surface area (Å²) >= 11 is 0. The number of hydrogen-bond acceptors (Lipinski definition) is 4. The average Bonchev–Trinajstić information content (AvgIpc) is 2.65. The minimum atomic E-state index is -0.254. The highest BCUT2D eigenvalue weighted by Gasteiger charge is 2.22. The zero-order valence-electron chi connectivity index (χ0n) is 11.7. The van der Waals surface area contributed by atoms with Crippen LogP contribution in [0.5, 0.6) is 0 Å². The molecule has 0 fully saturated rings. The summed E-state index contributed by atoms with van der Waals surface area (Å²) < 4.78 is 4.82. The van der Waals surface area contributed by atoms with Crippen LogP contribution in [-0.2, 0) is 22.5 Å². The smallest absolute Gasteiger partial charge is 0.324 e. The van der Waals surface area contributed by atoms with Crippen molar-refractivity contribution in [3.8, 4) is 0 Å². The van der Waals surface area contributed by atoms with Gasteiger partial charge in [-0.25, -0.2) is 0 Å². The summed E-state index contributed by atoms with van der Waals surface area (Å²) in [5.41, 5.74) is 2.81. The van der Waals surface area contributed by atoms with Crippen molar-refractivity contribution < 1.29 is 9.53 Å². The average molecular weight is 262 g/mol. The van der Waals surface area contributed by atoms with Crippen molar-refractivity contribution in [3.63, 3.8) is 0 Å². The number of carbonyl (C=O) groups excluding carboxylic acids is 1. The minimum Gasteiger partial charge on any atom is -0.468 e. The fourth-order valence-corrected chi connectivity index (χ4v) is 2.61. The SMILES string of the molecule is CNC(CN1CCCc2ccccc2C1)C(=O)OC. The summed E-state index contributed by atoms with van der Waals surface area (Å²) in [6, 6.07) is 8.31. The van der Waals surface area contributed by atoms with Crippen LogP contribution in [0, 0.1) is 0 Å². The van der Waals surface area contributed by atoms with Crippen LogP contribution in [0.3, 0.4) is 0 Å². The largest absolute Gasteiger partial charge is 0.468 e. The van der Waals surface area contributed by atoms with E-state index in [4.69, 9.17) is 4.74 Å². The number of fused-ring (bicyclic) bond motifs is 1. The number of aryl methyl sites for hydroxylation is 1. The van der Waals surface area contributed by atoms with Crippen LogP contribution < -0.4 is 5.32 Å². The Morgan fingerprint density at radius 1 is 1.42 bits per heavy atom. The van der Waals surface area contributed by atoms with E-state index in [0.29, 0.717) is 6.54 Å². The molecule has 104 valence electrons. The molecule has 0 radical (unpaired) electrons. The van der Waals surface area contributed by atoms with Crippen LogP contribution in [0.2, 0.25) is 0 Å². The van der Waals surface area contributed by atoms with Crippen LogP contribution >= 0.6 is 0 Å². The Bertz CT molecular complexity index is 434. The fourth-order valence-electron chi connectivity index (χ4n) is 2.61. The minimum absolute atomic E-state index is 0.194. The Morgan fingerprint density at radius 2 is 2.16 bits per heavy atom. The third-order valence-electron chi connectivity index (χ3n) is 3.71. The highest BCUT2D eigenvalue weighted by atomic mass is 16.5. The molecule has 1 aliphatic rings. The van der Waals surface area contributed by atoms with Gasteiger partial charge in [0.05, 0.1) is 7.11 Å². The van der Waals surface area contributed by atoms with Gasteiger partial charge in [-0.05, 0) is 37.6 Å². The monoisotopic (exact) mass is 262 g/mol. The van der Waals surface area contributed by atoms with Crippen molar-refractivity contribution in [1.29, 1.82) is 0 Å². The molecule has 1 atom stereocenters. The van der Waals surface area contributed by atoms with E-state index in [1.165, 1.54) is 18.2 Å². The number of likely N-dealkylation sites (N-methyl/N-ethyl adjacent to an activating group) is 1. The van der Waals surface area contributed by atoms with Gasteiger partial charge in [-0.15, -0.1) is 0 Å². The summed E-state index contributed by atoms with van der Waals surface area (Å²) in [6.45, 7) is 2.62. The van der Waals surface area contributed by atoms with Gasteiger partial charge in [0, 0.05) is 13.1 Å². The highest BCUT2D eigenvalue weighted by molar-refractivity contribution is 5.75. The van der Waals surface area contributed by atoms with Gasteiger partial charge in [-0.2, -0.15) is 0 Å². The number of nitrogens with one attached hydrogen (secondary N) is 1. The molecule has 0 aliphatic carbocycles. The number of rotatable bonds is 4. The van der Waals surface area contributed by atoms with E-state index in [2.05, 4.69) is 34.5 Å². The number of hydrogen-bond donors (Lipinski definition) is 1.